The zero-order valence-corrected chi connectivity index (χ0v) is 10.9. The molecule has 94 valence electrons. The van der Waals surface area contributed by atoms with Gasteiger partial charge in [-0.2, -0.15) is 11.3 Å². The van der Waals surface area contributed by atoms with Gasteiger partial charge in [-0.3, -0.25) is 15.4 Å². The van der Waals surface area contributed by atoms with Gasteiger partial charge >= 0.3 is 6.03 Å². The Labute approximate surface area is 105 Å². The summed E-state index contributed by atoms with van der Waals surface area (Å²) in [6, 6.07) is 1.16. The maximum atomic E-state index is 11.6. The van der Waals surface area contributed by atoms with Crippen LogP contribution < -0.4 is 16.0 Å². The third-order valence-corrected chi connectivity index (χ3v) is 3.10. The number of hydrogen-bond donors (Lipinski definition) is 3. The molecule has 3 N–H and O–H groups in total. The Balaban J connectivity index is 2.46. The third-order valence-electron chi connectivity index (χ3n) is 2.40. The van der Waals surface area contributed by atoms with Gasteiger partial charge < -0.3 is 5.32 Å². The van der Waals surface area contributed by atoms with Crippen molar-refractivity contribution in [1.29, 1.82) is 0 Å². The molecular formula is C11H17N3O2S. The highest BCUT2D eigenvalue weighted by atomic mass is 32.1. The second-order valence-electron chi connectivity index (χ2n) is 3.74. The van der Waals surface area contributed by atoms with Gasteiger partial charge in [-0.05, 0) is 36.2 Å². The Kier molecular flexibility index (Phi) is 5.11. The molecule has 0 fully saturated rings. The number of urea groups is 1. The molecule has 17 heavy (non-hydrogen) atoms. The van der Waals surface area contributed by atoms with Crippen molar-refractivity contribution < 1.29 is 9.59 Å². The van der Waals surface area contributed by atoms with E-state index in [-0.39, 0.29) is 11.9 Å². The van der Waals surface area contributed by atoms with Gasteiger partial charge in [-0.1, -0.05) is 0 Å². The van der Waals surface area contributed by atoms with Crippen LogP contribution in [0.1, 0.15) is 25.5 Å². The maximum Gasteiger partial charge on any atom is 0.321 e. The second-order valence-corrected chi connectivity index (χ2v) is 4.52. The van der Waals surface area contributed by atoms with Crippen molar-refractivity contribution in [2.24, 2.45) is 0 Å². The molecule has 1 rings (SSSR count). The van der Waals surface area contributed by atoms with E-state index in [1.54, 1.807) is 18.3 Å². The summed E-state index contributed by atoms with van der Waals surface area (Å²) in [6.07, 6.45) is 0. The highest BCUT2D eigenvalue weighted by Gasteiger charge is 2.17. The predicted octanol–water partition coefficient (Wildman–Crippen LogP) is 1.24. The fraction of sp³-hybridized carbons (Fsp3) is 0.455. The zero-order valence-electron chi connectivity index (χ0n) is 10.1. The second kappa shape index (κ2) is 6.36. The SMILES string of the molecule is CNC(=O)NC(=O)C(C)NC(C)c1ccsc1. The molecule has 2 atom stereocenters. The molecule has 1 aromatic heterocycles. The number of imide groups is 1. The lowest BCUT2D eigenvalue weighted by molar-refractivity contribution is -0.121. The van der Waals surface area contributed by atoms with Crippen molar-refractivity contribution in [3.05, 3.63) is 22.4 Å². The Hall–Kier alpha value is -1.40. The van der Waals surface area contributed by atoms with Gasteiger partial charge in [-0.15, -0.1) is 0 Å². The molecule has 6 heteroatoms. The van der Waals surface area contributed by atoms with Gasteiger partial charge in [-0.25, -0.2) is 4.79 Å². The van der Waals surface area contributed by atoms with E-state index in [1.807, 2.05) is 23.8 Å². The molecule has 1 aromatic rings. The number of rotatable bonds is 4. The maximum absolute atomic E-state index is 11.6. The highest BCUT2D eigenvalue weighted by Crippen LogP contribution is 2.15. The molecule has 3 amide bonds. The lowest BCUT2D eigenvalue weighted by atomic mass is 10.1. The summed E-state index contributed by atoms with van der Waals surface area (Å²) >= 11 is 1.61. The lowest BCUT2D eigenvalue weighted by Crippen LogP contribution is -2.47. The van der Waals surface area contributed by atoms with Crippen LogP contribution in [0.25, 0.3) is 0 Å². The quantitative estimate of drug-likeness (QED) is 0.758. The van der Waals surface area contributed by atoms with Crippen molar-refractivity contribution in [1.82, 2.24) is 16.0 Å². The minimum atomic E-state index is -0.494. The van der Waals surface area contributed by atoms with E-state index < -0.39 is 12.1 Å². The lowest BCUT2D eigenvalue weighted by Gasteiger charge is -2.18. The first-order chi connectivity index (χ1) is 8.04. The molecule has 0 spiro atoms. The number of amides is 3. The van der Waals surface area contributed by atoms with Crippen LogP contribution in [0.15, 0.2) is 16.8 Å². The van der Waals surface area contributed by atoms with Gasteiger partial charge in [0.2, 0.25) is 5.91 Å². The van der Waals surface area contributed by atoms with Crippen molar-refractivity contribution in [2.45, 2.75) is 25.9 Å². The minimum absolute atomic E-state index is 0.0756. The van der Waals surface area contributed by atoms with Gasteiger partial charge in [0, 0.05) is 13.1 Å². The third kappa shape index (κ3) is 4.16. The van der Waals surface area contributed by atoms with E-state index >= 15 is 0 Å². The standard InChI is InChI=1S/C11H17N3O2S/c1-7(9-4-5-17-6-9)13-8(2)10(15)14-11(16)12-3/h4-8,13H,1-3H3,(H2,12,14,15,16). The van der Waals surface area contributed by atoms with Gasteiger partial charge in [0.1, 0.15) is 0 Å². The molecule has 0 aliphatic heterocycles. The predicted molar refractivity (Wildman–Crippen MR) is 67.9 cm³/mol. The van der Waals surface area contributed by atoms with Crippen LogP contribution in [-0.4, -0.2) is 25.0 Å². The summed E-state index contributed by atoms with van der Waals surface area (Å²) in [5.41, 5.74) is 1.13. The highest BCUT2D eigenvalue weighted by molar-refractivity contribution is 7.07. The van der Waals surface area contributed by atoms with E-state index in [1.165, 1.54) is 7.05 Å². The first kappa shape index (κ1) is 13.7. The zero-order chi connectivity index (χ0) is 12.8. The van der Waals surface area contributed by atoms with E-state index in [4.69, 9.17) is 0 Å². The fourth-order valence-electron chi connectivity index (χ4n) is 1.35. The minimum Gasteiger partial charge on any atom is -0.341 e. The number of hydrogen-bond acceptors (Lipinski definition) is 4. The van der Waals surface area contributed by atoms with Crippen LogP contribution in [0.5, 0.6) is 0 Å². The van der Waals surface area contributed by atoms with E-state index in [9.17, 15) is 9.59 Å². The number of nitrogens with one attached hydrogen (secondary N) is 3. The largest absolute Gasteiger partial charge is 0.341 e. The summed E-state index contributed by atoms with van der Waals surface area (Å²) < 4.78 is 0. The molecule has 0 bridgehead atoms. The van der Waals surface area contributed by atoms with Gasteiger partial charge in [0.15, 0.2) is 0 Å². The van der Waals surface area contributed by atoms with Crippen molar-refractivity contribution in [3.8, 4) is 0 Å². The molecule has 2 unspecified atom stereocenters. The Morgan fingerprint density at radius 3 is 2.59 bits per heavy atom. The van der Waals surface area contributed by atoms with Crippen LogP contribution in [0.4, 0.5) is 4.79 Å². The molecule has 1 heterocycles. The fourth-order valence-corrected chi connectivity index (χ4v) is 2.11. The van der Waals surface area contributed by atoms with Crippen molar-refractivity contribution in [2.75, 3.05) is 7.05 Å². The average molecular weight is 255 g/mol. The average Bonchev–Trinajstić information content (AvgIpc) is 2.82. The van der Waals surface area contributed by atoms with Gasteiger partial charge in [0.05, 0.1) is 6.04 Å². The summed E-state index contributed by atoms with van der Waals surface area (Å²) in [6.45, 7) is 3.70. The Morgan fingerprint density at radius 2 is 2.06 bits per heavy atom. The number of carbonyl (C=O) groups is 2. The molecule has 5 nitrogen and oxygen atoms in total. The van der Waals surface area contributed by atoms with Crippen molar-refractivity contribution >= 4 is 23.3 Å². The first-order valence-electron chi connectivity index (χ1n) is 5.35. The summed E-state index contributed by atoms with van der Waals surface area (Å²) in [4.78, 5) is 22.6. The molecule has 0 aliphatic rings. The summed E-state index contributed by atoms with van der Waals surface area (Å²) in [7, 11) is 1.47. The van der Waals surface area contributed by atoms with E-state index in [0.29, 0.717) is 0 Å². The van der Waals surface area contributed by atoms with Crippen LogP contribution >= 0.6 is 11.3 Å². The van der Waals surface area contributed by atoms with Crippen LogP contribution in [0.3, 0.4) is 0 Å². The van der Waals surface area contributed by atoms with Crippen LogP contribution in [0.2, 0.25) is 0 Å². The normalized spacial score (nSPS) is 13.8. The molecule has 0 aliphatic carbocycles. The Morgan fingerprint density at radius 1 is 1.35 bits per heavy atom. The van der Waals surface area contributed by atoms with E-state index in [2.05, 4.69) is 16.0 Å². The molecule has 0 aromatic carbocycles. The first-order valence-corrected chi connectivity index (χ1v) is 6.29. The molecule has 0 saturated heterocycles. The Bertz CT molecular complexity index is 378. The monoisotopic (exact) mass is 255 g/mol. The van der Waals surface area contributed by atoms with Gasteiger partial charge in [0.25, 0.3) is 0 Å². The number of carbonyl (C=O) groups excluding carboxylic acids is 2. The smallest absolute Gasteiger partial charge is 0.321 e. The molecular weight excluding hydrogens is 238 g/mol. The summed E-state index contributed by atoms with van der Waals surface area (Å²) in [5, 5.41) is 11.7. The molecule has 0 saturated carbocycles. The van der Waals surface area contributed by atoms with E-state index in [0.717, 1.165) is 5.56 Å². The number of thiophene rings is 1. The summed E-state index contributed by atoms with van der Waals surface area (Å²) in [5.74, 6) is -0.341. The van der Waals surface area contributed by atoms with Crippen LogP contribution in [-0.2, 0) is 4.79 Å². The van der Waals surface area contributed by atoms with Crippen LogP contribution in [0, 0.1) is 0 Å². The topological polar surface area (TPSA) is 70.2 Å². The van der Waals surface area contributed by atoms with Crippen molar-refractivity contribution in [3.63, 3.8) is 0 Å². The molecule has 0 radical (unpaired) electrons.